The number of nitrogens with two attached hydrogens (primary N) is 1. The highest BCUT2D eigenvalue weighted by Gasteiger charge is 2.36. The van der Waals surface area contributed by atoms with Gasteiger partial charge in [0.25, 0.3) is 0 Å². The second-order valence-electron chi connectivity index (χ2n) is 16.9. The van der Waals surface area contributed by atoms with Gasteiger partial charge < -0.3 is 52.7 Å². The van der Waals surface area contributed by atoms with Crippen LogP contribution in [0.4, 0.5) is 0 Å². The van der Waals surface area contributed by atoms with Crippen molar-refractivity contribution < 1.29 is 43.5 Å². The number of benzene rings is 1. The summed E-state index contributed by atoms with van der Waals surface area (Å²) in [5, 5.41) is 40.9. The normalized spacial score (nSPS) is 25.0. The monoisotopic (exact) mass is 984 g/mol. The van der Waals surface area contributed by atoms with E-state index in [0.717, 1.165) is 0 Å². The van der Waals surface area contributed by atoms with Crippen LogP contribution in [0.15, 0.2) is 30.3 Å². The van der Waals surface area contributed by atoms with E-state index in [4.69, 9.17) is 10.9 Å². The van der Waals surface area contributed by atoms with Crippen molar-refractivity contribution in [3.05, 3.63) is 35.9 Å². The number of amides is 5. The number of nitrogens with one attached hydrogen (secondary N) is 9. The average molecular weight is 985 g/mol. The summed E-state index contributed by atoms with van der Waals surface area (Å²) in [6.07, 6.45) is -1.54. The molecular weight excluding hydrogens is 912 g/mol. The highest BCUT2D eigenvalue weighted by molar-refractivity contribution is 7.25. The predicted molar refractivity (Wildman–Crippen MR) is 260 cm³/mol. The Labute approximate surface area is 391 Å². The number of hydrogen-bond donors (Lipinski definition) is 11. The minimum Gasteiger partial charge on any atom is -0.393 e. The summed E-state index contributed by atoms with van der Waals surface area (Å²) < 4.78 is 0. The van der Waals surface area contributed by atoms with Gasteiger partial charge >= 0.3 is 0 Å². The van der Waals surface area contributed by atoms with Crippen molar-refractivity contribution in [1.82, 2.24) is 41.8 Å². The molecular formula is C42H72N10O9P4. The van der Waals surface area contributed by atoms with Crippen LogP contribution in [0.25, 0.3) is 0 Å². The van der Waals surface area contributed by atoms with Crippen LogP contribution >= 0.6 is 36.5 Å². The van der Waals surface area contributed by atoms with Crippen LogP contribution in [0.5, 0.6) is 0 Å². The van der Waals surface area contributed by atoms with Gasteiger partial charge in [-0.3, -0.25) is 43.5 Å². The number of ketones is 3. The smallest absolute Gasteiger partial charge is 0.243 e. The lowest BCUT2D eigenvalue weighted by Gasteiger charge is -2.27. The zero-order valence-corrected chi connectivity index (χ0v) is 42.1. The van der Waals surface area contributed by atoms with Gasteiger partial charge in [-0.2, -0.15) is 0 Å². The van der Waals surface area contributed by atoms with Crippen molar-refractivity contribution in [1.29, 1.82) is 5.16 Å². The van der Waals surface area contributed by atoms with Crippen molar-refractivity contribution in [3.63, 3.8) is 0 Å². The Kier molecular flexibility index (Phi) is 28.2. The zero-order chi connectivity index (χ0) is 48.5. The van der Waals surface area contributed by atoms with Gasteiger partial charge in [-0.25, -0.2) is 0 Å². The molecule has 1 aromatic carbocycles. The summed E-state index contributed by atoms with van der Waals surface area (Å²) >= 11 is 0. The first-order valence-corrected chi connectivity index (χ1v) is 25.0. The molecule has 23 heteroatoms. The lowest BCUT2D eigenvalue weighted by Crippen LogP contribution is -2.54. The minimum absolute atomic E-state index is 0.0381. The zero-order valence-electron chi connectivity index (χ0n) is 37.7. The Balaban J connectivity index is 2.74. The molecule has 12 atom stereocenters. The molecule has 65 heavy (non-hydrogen) atoms. The van der Waals surface area contributed by atoms with E-state index in [9.17, 15) is 43.5 Å². The van der Waals surface area contributed by atoms with Crippen LogP contribution in [-0.2, 0) is 44.8 Å². The average Bonchev–Trinajstić information content (AvgIpc) is 3.27. The van der Waals surface area contributed by atoms with Crippen LogP contribution in [0.2, 0.25) is 0 Å². The van der Waals surface area contributed by atoms with Gasteiger partial charge in [0.1, 0.15) is 6.04 Å². The van der Waals surface area contributed by atoms with Gasteiger partial charge in [-0.05, 0) is 78.4 Å². The van der Waals surface area contributed by atoms with Gasteiger partial charge in [-0.1, -0.05) is 72.4 Å². The Hall–Kier alpha value is -3.23. The van der Waals surface area contributed by atoms with E-state index in [2.05, 4.69) is 70.0 Å². The van der Waals surface area contributed by atoms with Crippen molar-refractivity contribution >= 4 is 83.4 Å². The molecule has 0 radical (unpaired) electrons. The predicted octanol–water partition coefficient (Wildman–Crippen LogP) is 0.577. The molecule has 19 nitrogen and oxygen atoms in total. The summed E-state index contributed by atoms with van der Waals surface area (Å²) in [7, 11) is 7.19. The number of Topliss-reactive ketones (excluding diaryl/α,β-unsaturated/α-hetero) is 3. The van der Waals surface area contributed by atoms with Crippen molar-refractivity contribution in [2.45, 2.75) is 121 Å². The molecule has 0 saturated carbocycles. The maximum absolute atomic E-state index is 14.4. The molecule has 1 heterocycles. The third kappa shape index (κ3) is 21.5. The molecule has 12 N–H and O–H groups in total. The Morgan fingerprint density at radius 2 is 1.32 bits per heavy atom. The standard InChI is InChI=1S/C42H72N10O9P4/c1-24(2)19-33-36(55)22-28(10-16-47-63)38(57)49-32(13-18-65-44)37(56)23-29(25(3)53)40(59)45-14-12-31(50-41(60)30(43)11-17-48-64)35(54)21-27(9-15-46-62)39(58)52-34(42(61)51-33)20-26-7-5-4-6-8-26/h4-8,24-25,27-34,44,46-48,53H,9-23,43,62-64H2,1-3H3,(H,45,59)(H,49,57)(H,50,60)(H,51,61)(H,52,58). The molecule has 12 unspecified atom stereocenters. The van der Waals surface area contributed by atoms with Crippen molar-refractivity contribution in [2.24, 2.45) is 29.4 Å². The van der Waals surface area contributed by atoms with Gasteiger partial charge in [-0.15, -0.1) is 0 Å². The van der Waals surface area contributed by atoms with E-state index in [1.807, 2.05) is 19.9 Å². The maximum Gasteiger partial charge on any atom is 0.243 e. The SMILES string of the molecule is CC(C)CC1NC(=O)C(Cc2ccccc2)NC(=O)C(CCNP)CC(=O)C(NC(=O)C(N)CCNP)CCNC(=O)C(C(C)O)CC(=O)C(CCP=N)NC(=O)C(CCNP)CC1=O. The maximum atomic E-state index is 14.4. The summed E-state index contributed by atoms with van der Waals surface area (Å²) in [6.45, 7) is 5.88. The fourth-order valence-electron chi connectivity index (χ4n) is 7.37. The number of rotatable bonds is 19. The Bertz CT molecular complexity index is 1730. The number of carbonyl (C=O) groups excluding carboxylic acids is 8. The fourth-order valence-corrected chi connectivity index (χ4v) is 8.26. The third-order valence-electron chi connectivity index (χ3n) is 11.2. The van der Waals surface area contributed by atoms with E-state index in [0.29, 0.717) is 18.7 Å². The quantitative estimate of drug-likeness (QED) is 0.0847. The Morgan fingerprint density at radius 1 is 0.769 bits per heavy atom. The summed E-state index contributed by atoms with van der Waals surface area (Å²) in [4.78, 5) is 112. The molecule has 1 fully saturated rings. The van der Waals surface area contributed by atoms with E-state index in [1.54, 1.807) is 24.3 Å². The van der Waals surface area contributed by atoms with Crippen LogP contribution in [0.1, 0.15) is 84.1 Å². The van der Waals surface area contributed by atoms with Gasteiger partial charge in [0.15, 0.2) is 17.3 Å². The van der Waals surface area contributed by atoms with Crippen LogP contribution < -0.4 is 47.6 Å². The lowest BCUT2D eigenvalue weighted by atomic mass is 9.89. The largest absolute Gasteiger partial charge is 0.393 e. The van der Waals surface area contributed by atoms with Crippen molar-refractivity contribution in [2.75, 3.05) is 32.3 Å². The number of carbonyl (C=O) groups is 8. The molecule has 1 aromatic rings. The first-order valence-electron chi connectivity index (χ1n) is 22.1. The first-order chi connectivity index (χ1) is 30.9. The van der Waals surface area contributed by atoms with E-state index in [1.165, 1.54) is 6.92 Å². The molecule has 0 aliphatic carbocycles. The highest BCUT2D eigenvalue weighted by atomic mass is 31.1. The van der Waals surface area contributed by atoms with E-state index >= 15 is 0 Å². The number of aliphatic hydroxyl groups is 1. The Morgan fingerprint density at radius 3 is 1.88 bits per heavy atom. The van der Waals surface area contributed by atoms with Crippen molar-refractivity contribution in [3.8, 4) is 0 Å². The molecule has 1 aliphatic heterocycles. The minimum atomic E-state index is -1.32. The van der Waals surface area contributed by atoms with Crippen LogP contribution in [0, 0.1) is 28.8 Å². The van der Waals surface area contributed by atoms with E-state index < -0.39 is 107 Å². The molecule has 364 valence electrons. The molecule has 0 bridgehead atoms. The molecule has 5 amide bonds. The topological polar surface area (TPSA) is 303 Å². The lowest BCUT2D eigenvalue weighted by molar-refractivity contribution is -0.136. The molecule has 2 rings (SSSR count). The highest BCUT2D eigenvalue weighted by Crippen LogP contribution is 2.20. The second-order valence-corrected chi connectivity index (χ2v) is 18.9. The molecule has 0 aromatic heterocycles. The first kappa shape index (κ1) is 57.9. The van der Waals surface area contributed by atoms with Gasteiger partial charge in [0.05, 0.1) is 36.2 Å². The van der Waals surface area contributed by atoms with Gasteiger partial charge in [0.2, 0.25) is 29.5 Å². The van der Waals surface area contributed by atoms with Crippen LogP contribution in [0.3, 0.4) is 0 Å². The van der Waals surface area contributed by atoms with Gasteiger partial charge in [0, 0.05) is 56.8 Å². The molecule has 1 saturated heterocycles. The third-order valence-corrected chi connectivity index (χ3v) is 12.5. The molecule has 1 aliphatic rings. The van der Waals surface area contributed by atoms with Crippen LogP contribution in [-0.4, -0.2) is 121 Å². The molecule has 0 spiro atoms. The summed E-state index contributed by atoms with van der Waals surface area (Å²) in [5.74, 6) is -8.08. The fraction of sp³-hybridized carbons (Fsp3) is 0.667. The summed E-state index contributed by atoms with van der Waals surface area (Å²) in [6, 6.07) is 3.32. The second kappa shape index (κ2) is 31.7. The number of aliphatic hydroxyl groups excluding tert-OH is 1. The van der Waals surface area contributed by atoms with E-state index in [-0.39, 0.29) is 91.3 Å². The number of hydrogen-bond acceptors (Lipinski definition) is 14. The summed E-state index contributed by atoms with van der Waals surface area (Å²) in [5.41, 5.74) is 6.84.